The molecule has 0 atom stereocenters. The van der Waals surface area contributed by atoms with Crippen molar-refractivity contribution in [1.29, 1.82) is 0 Å². The van der Waals surface area contributed by atoms with Crippen LogP contribution in [0, 0.1) is 5.92 Å². The van der Waals surface area contributed by atoms with Gasteiger partial charge in [0.2, 0.25) is 0 Å². The molecular weight excluding hydrogens is 256 g/mol. The van der Waals surface area contributed by atoms with Gasteiger partial charge >= 0.3 is 6.03 Å². The number of aromatic nitrogens is 2. The molecule has 1 aromatic heterocycles. The van der Waals surface area contributed by atoms with Gasteiger partial charge < -0.3 is 4.90 Å². The third kappa shape index (κ3) is 2.05. The van der Waals surface area contributed by atoms with Gasteiger partial charge in [0.25, 0.3) is 5.91 Å². The third-order valence-electron chi connectivity index (χ3n) is 4.43. The van der Waals surface area contributed by atoms with E-state index in [1.807, 2.05) is 0 Å². The first-order valence-electron chi connectivity index (χ1n) is 7.01. The predicted molar refractivity (Wildman–Crippen MR) is 71.5 cm³/mol. The first-order chi connectivity index (χ1) is 9.62. The number of amides is 3. The fourth-order valence-corrected chi connectivity index (χ4v) is 3.11. The standard InChI is InChI=1S/C14H18N4O2/c1-10-3-5-14(6-4-10)12(19)17-13(20)18(14)9-11-15-7-2-8-16-11/h2,7-8,10H,3-6,9H2,1H3,(H,17,19,20). The maximum Gasteiger partial charge on any atom is 0.325 e. The lowest BCUT2D eigenvalue weighted by Gasteiger charge is -2.39. The van der Waals surface area contributed by atoms with Gasteiger partial charge in [-0.25, -0.2) is 14.8 Å². The molecule has 1 aromatic rings. The average Bonchev–Trinajstić information content (AvgIpc) is 2.68. The van der Waals surface area contributed by atoms with Crippen LogP contribution < -0.4 is 5.32 Å². The molecule has 0 unspecified atom stereocenters. The summed E-state index contributed by atoms with van der Waals surface area (Å²) in [6, 6.07) is 1.41. The Balaban J connectivity index is 1.87. The Morgan fingerprint density at radius 2 is 1.95 bits per heavy atom. The van der Waals surface area contributed by atoms with Crippen molar-refractivity contribution >= 4 is 11.9 Å². The van der Waals surface area contributed by atoms with E-state index in [4.69, 9.17) is 0 Å². The largest absolute Gasteiger partial charge is 0.325 e. The van der Waals surface area contributed by atoms with Gasteiger partial charge in [-0.15, -0.1) is 0 Å². The summed E-state index contributed by atoms with van der Waals surface area (Å²) in [4.78, 5) is 34.3. The number of imide groups is 1. The van der Waals surface area contributed by atoms with Crippen LogP contribution >= 0.6 is 0 Å². The van der Waals surface area contributed by atoms with Crippen molar-refractivity contribution in [2.75, 3.05) is 0 Å². The summed E-state index contributed by atoms with van der Waals surface area (Å²) in [6.07, 6.45) is 6.67. The lowest BCUT2D eigenvalue weighted by atomic mass is 9.76. The molecule has 106 valence electrons. The van der Waals surface area contributed by atoms with Crippen molar-refractivity contribution in [3.63, 3.8) is 0 Å². The number of carbonyl (C=O) groups excluding carboxylic acids is 2. The van der Waals surface area contributed by atoms with Crippen LogP contribution in [0.5, 0.6) is 0 Å². The van der Waals surface area contributed by atoms with Crippen molar-refractivity contribution in [1.82, 2.24) is 20.2 Å². The lowest BCUT2D eigenvalue weighted by Crippen LogP contribution is -2.51. The molecule has 1 aliphatic carbocycles. The summed E-state index contributed by atoms with van der Waals surface area (Å²) in [7, 11) is 0. The van der Waals surface area contributed by atoms with Gasteiger partial charge in [-0.2, -0.15) is 0 Å². The van der Waals surface area contributed by atoms with Crippen molar-refractivity contribution in [2.45, 2.75) is 44.7 Å². The van der Waals surface area contributed by atoms with Crippen molar-refractivity contribution in [2.24, 2.45) is 5.92 Å². The highest BCUT2D eigenvalue weighted by Gasteiger charge is 2.53. The minimum Gasteiger partial charge on any atom is -0.302 e. The van der Waals surface area contributed by atoms with E-state index in [0.29, 0.717) is 11.7 Å². The first-order valence-corrected chi connectivity index (χ1v) is 7.01. The normalized spacial score (nSPS) is 29.9. The van der Waals surface area contributed by atoms with Crippen LogP contribution in [0.15, 0.2) is 18.5 Å². The van der Waals surface area contributed by atoms with E-state index in [1.165, 1.54) is 0 Å². The van der Waals surface area contributed by atoms with Gasteiger partial charge in [0.1, 0.15) is 11.4 Å². The van der Waals surface area contributed by atoms with Gasteiger partial charge in [-0.05, 0) is 37.7 Å². The molecule has 2 fully saturated rings. The van der Waals surface area contributed by atoms with E-state index in [9.17, 15) is 9.59 Å². The molecular formula is C14H18N4O2. The Kier molecular flexibility index (Phi) is 3.16. The molecule has 20 heavy (non-hydrogen) atoms. The zero-order chi connectivity index (χ0) is 14.2. The molecule has 1 spiro atoms. The van der Waals surface area contributed by atoms with Crippen molar-refractivity contribution in [3.05, 3.63) is 24.3 Å². The number of hydrogen-bond acceptors (Lipinski definition) is 4. The summed E-state index contributed by atoms with van der Waals surface area (Å²) in [6.45, 7) is 2.47. The molecule has 0 bridgehead atoms. The number of nitrogens with one attached hydrogen (secondary N) is 1. The summed E-state index contributed by atoms with van der Waals surface area (Å²) in [5, 5.41) is 2.45. The van der Waals surface area contributed by atoms with Crippen LogP contribution in [-0.2, 0) is 11.3 Å². The SMILES string of the molecule is CC1CCC2(CC1)C(=O)NC(=O)N2Cc1ncccn1. The minimum absolute atomic E-state index is 0.162. The Bertz CT molecular complexity index is 523. The highest BCUT2D eigenvalue weighted by molar-refractivity contribution is 6.07. The monoisotopic (exact) mass is 274 g/mol. The molecule has 6 heteroatoms. The Morgan fingerprint density at radius 1 is 1.30 bits per heavy atom. The fraction of sp³-hybridized carbons (Fsp3) is 0.571. The third-order valence-corrected chi connectivity index (χ3v) is 4.43. The van der Waals surface area contributed by atoms with Crippen LogP contribution in [0.1, 0.15) is 38.4 Å². The average molecular weight is 274 g/mol. The molecule has 3 rings (SSSR count). The second-order valence-corrected chi connectivity index (χ2v) is 5.72. The van der Waals surface area contributed by atoms with Gasteiger partial charge in [0.15, 0.2) is 0 Å². The molecule has 1 saturated heterocycles. The smallest absolute Gasteiger partial charge is 0.302 e. The fourth-order valence-electron chi connectivity index (χ4n) is 3.11. The van der Waals surface area contributed by atoms with Crippen LogP contribution in [0.4, 0.5) is 4.79 Å². The van der Waals surface area contributed by atoms with Crippen LogP contribution in [0.3, 0.4) is 0 Å². The Morgan fingerprint density at radius 3 is 2.60 bits per heavy atom. The highest BCUT2D eigenvalue weighted by Crippen LogP contribution is 2.39. The molecule has 1 saturated carbocycles. The van der Waals surface area contributed by atoms with Crippen LogP contribution in [0.25, 0.3) is 0 Å². The Labute approximate surface area is 117 Å². The number of hydrogen-bond donors (Lipinski definition) is 1. The summed E-state index contributed by atoms with van der Waals surface area (Å²) in [5.41, 5.74) is -0.692. The quantitative estimate of drug-likeness (QED) is 0.829. The molecule has 3 amide bonds. The van der Waals surface area contributed by atoms with E-state index in [-0.39, 0.29) is 18.5 Å². The predicted octanol–water partition coefficient (Wildman–Crippen LogP) is 1.48. The highest BCUT2D eigenvalue weighted by atomic mass is 16.2. The molecule has 6 nitrogen and oxygen atoms in total. The van der Waals surface area contributed by atoms with Gasteiger partial charge in [0, 0.05) is 12.4 Å². The summed E-state index contributed by atoms with van der Waals surface area (Å²) < 4.78 is 0. The van der Waals surface area contributed by atoms with E-state index >= 15 is 0 Å². The topological polar surface area (TPSA) is 75.2 Å². The second kappa shape index (κ2) is 4.85. The van der Waals surface area contributed by atoms with Gasteiger partial charge in [-0.1, -0.05) is 6.92 Å². The van der Waals surface area contributed by atoms with Crippen molar-refractivity contribution < 1.29 is 9.59 Å². The minimum atomic E-state index is -0.692. The molecule has 1 aliphatic heterocycles. The Hall–Kier alpha value is -1.98. The van der Waals surface area contributed by atoms with E-state index in [2.05, 4.69) is 22.2 Å². The van der Waals surface area contributed by atoms with E-state index in [0.717, 1.165) is 25.7 Å². The van der Waals surface area contributed by atoms with E-state index < -0.39 is 5.54 Å². The number of nitrogens with zero attached hydrogens (tertiary/aromatic N) is 3. The van der Waals surface area contributed by atoms with Crippen molar-refractivity contribution in [3.8, 4) is 0 Å². The maximum atomic E-state index is 12.3. The second-order valence-electron chi connectivity index (χ2n) is 5.72. The lowest BCUT2D eigenvalue weighted by molar-refractivity contribution is -0.128. The van der Waals surface area contributed by atoms with Gasteiger partial charge in [-0.3, -0.25) is 10.1 Å². The molecule has 0 radical (unpaired) electrons. The number of carbonyl (C=O) groups is 2. The zero-order valence-electron chi connectivity index (χ0n) is 11.5. The molecule has 0 aromatic carbocycles. The number of rotatable bonds is 2. The molecule has 2 heterocycles. The molecule has 2 aliphatic rings. The van der Waals surface area contributed by atoms with Gasteiger partial charge in [0.05, 0.1) is 6.54 Å². The van der Waals surface area contributed by atoms with Crippen LogP contribution in [0.2, 0.25) is 0 Å². The summed E-state index contributed by atoms with van der Waals surface area (Å²) in [5.74, 6) is 1.01. The van der Waals surface area contributed by atoms with Crippen LogP contribution in [-0.4, -0.2) is 32.3 Å². The summed E-state index contributed by atoms with van der Waals surface area (Å²) >= 11 is 0. The number of urea groups is 1. The maximum absolute atomic E-state index is 12.3. The van der Waals surface area contributed by atoms with E-state index in [1.54, 1.807) is 23.4 Å². The first kappa shape index (κ1) is 13.0. The zero-order valence-corrected chi connectivity index (χ0v) is 11.5. The molecule has 1 N–H and O–H groups in total.